The minimum atomic E-state index is -0.603. The molecule has 0 aromatic carbocycles. The second kappa shape index (κ2) is 7.22. The number of nitrogens with zero attached hydrogens (tertiary/aromatic N) is 3. The third kappa shape index (κ3) is 3.55. The Morgan fingerprint density at radius 2 is 2.04 bits per heavy atom. The molecule has 0 aliphatic carbocycles. The van der Waals surface area contributed by atoms with Gasteiger partial charge in [-0.3, -0.25) is 4.79 Å². The summed E-state index contributed by atoms with van der Waals surface area (Å²) < 4.78 is 12.5. The Balaban J connectivity index is 2.15. The van der Waals surface area contributed by atoms with Crippen molar-refractivity contribution in [1.82, 2.24) is 20.1 Å². The van der Waals surface area contributed by atoms with Crippen molar-refractivity contribution in [2.24, 2.45) is 0 Å². The molecule has 3 aromatic heterocycles. The molecule has 0 radical (unpaired) electrons. The normalized spacial score (nSPS) is 11.2. The number of amides is 1. The molecule has 0 spiro atoms. The van der Waals surface area contributed by atoms with Gasteiger partial charge in [0.25, 0.3) is 5.91 Å². The maximum absolute atomic E-state index is 12.6. The third-order valence-electron chi connectivity index (χ3n) is 4.21. The van der Waals surface area contributed by atoms with Gasteiger partial charge in [0.2, 0.25) is 0 Å². The van der Waals surface area contributed by atoms with Gasteiger partial charge in [0.1, 0.15) is 11.5 Å². The molecule has 0 unspecified atom stereocenters. The number of nitrogens with one attached hydrogen (secondary N) is 1. The lowest BCUT2D eigenvalue weighted by molar-refractivity contribution is -0.123. The molecule has 3 heterocycles. The fraction of sp³-hybridized carbons (Fsp3) is 0.368. The van der Waals surface area contributed by atoms with E-state index in [2.05, 4.69) is 10.4 Å². The number of likely N-dealkylation sites (N-methyl/N-ethyl adjacent to an activating group) is 1. The quantitative estimate of drug-likeness (QED) is 0.693. The van der Waals surface area contributed by atoms with Crippen LogP contribution in [0.3, 0.4) is 0 Å². The number of aryl methyl sites for hydroxylation is 2. The second-order valence-electron chi connectivity index (χ2n) is 6.55. The number of hydrogen-bond acceptors (Lipinski definition) is 6. The first-order valence-electron chi connectivity index (χ1n) is 8.65. The van der Waals surface area contributed by atoms with Gasteiger partial charge in [-0.2, -0.15) is 5.10 Å². The number of aromatic nitrogens is 3. The van der Waals surface area contributed by atoms with Crippen LogP contribution in [0.5, 0.6) is 0 Å². The summed E-state index contributed by atoms with van der Waals surface area (Å²) in [6, 6.07) is 3.59. The maximum Gasteiger partial charge on any atom is 0.339 e. The molecule has 0 bridgehead atoms. The lowest BCUT2D eigenvalue weighted by atomic mass is 10.1. The Morgan fingerprint density at radius 3 is 2.63 bits per heavy atom. The number of pyridine rings is 1. The number of carbonyl (C=O) groups is 2. The van der Waals surface area contributed by atoms with Crippen LogP contribution in [0.25, 0.3) is 22.3 Å². The highest BCUT2D eigenvalue weighted by Gasteiger charge is 2.21. The fourth-order valence-electron chi connectivity index (χ4n) is 2.87. The zero-order valence-electron chi connectivity index (χ0n) is 16.0. The fourth-order valence-corrected chi connectivity index (χ4v) is 2.87. The van der Waals surface area contributed by atoms with Crippen molar-refractivity contribution in [3.63, 3.8) is 0 Å². The molecule has 3 rings (SSSR count). The predicted octanol–water partition coefficient (Wildman–Crippen LogP) is 2.79. The SMILES string of the molecule is CNC(=O)COC(=O)c1cc(-c2cc(C)oc2C)nc2c1cnn2C(C)C. The second-order valence-corrected chi connectivity index (χ2v) is 6.55. The van der Waals surface area contributed by atoms with Gasteiger partial charge < -0.3 is 14.5 Å². The summed E-state index contributed by atoms with van der Waals surface area (Å²) in [4.78, 5) is 28.8. The van der Waals surface area contributed by atoms with E-state index in [1.807, 2.05) is 33.8 Å². The lowest BCUT2D eigenvalue weighted by Gasteiger charge is -2.10. The molecule has 1 N–H and O–H groups in total. The Labute approximate surface area is 156 Å². The smallest absolute Gasteiger partial charge is 0.339 e. The number of ether oxygens (including phenoxy) is 1. The number of furan rings is 1. The van der Waals surface area contributed by atoms with Crippen molar-refractivity contribution < 1.29 is 18.7 Å². The number of esters is 1. The average Bonchev–Trinajstić information content (AvgIpc) is 3.20. The maximum atomic E-state index is 12.6. The summed E-state index contributed by atoms with van der Waals surface area (Å²) in [5.41, 5.74) is 2.27. The number of fused-ring (bicyclic) bond motifs is 1. The molecule has 27 heavy (non-hydrogen) atoms. The minimum absolute atomic E-state index is 0.0622. The Bertz CT molecular complexity index is 1020. The standard InChI is InChI=1S/C19H22N4O4/c1-10(2)23-18-15(8-21-23)14(19(25)26-9-17(24)20-5)7-16(22-18)13-6-11(3)27-12(13)4/h6-8,10H,9H2,1-5H3,(H,20,24). The number of rotatable bonds is 5. The van der Waals surface area contributed by atoms with Crippen LogP contribution in [0.2, 0.25) is 0 Å². The van der Waals surface area contributed by atoms with Gasteiger partial charge in [0, 0.05) is 18.7 Å². The monoisotopic (exact) mass is 370 g/mol. The minimum Gasteiger partial charge on any atom is -0.466 e. The zero-order chi connectivity index (χ0) is 19.7. The molecule has 0 aliphatic heterocycles. The highest BCUT2D eigenvalue weighted by Crippen LogP contribution is 2.30. The van der Waals surface area contributed by atoms with E-state index in [0.29, 0.717) is 28.1 Å². The Hall–Kier alpha value is -3.16. The van der Waals surface area contributed by atoms with Gasteiger partial charge in [0.05, 0.1) is 22.8 Å². The molecule has 0 saturated heterocycles. The molecule has 0 atom stereocenters. The molecule has 0 saturated carbocycles. The van der Waals surface area contributed by atoms with Crippen LogP contribution in [0.4, 0.5) is 0 Å². The molecule has 142 valence electrons. The van der Waals surface area contributed by atoms with Gasteiger partial charge in [0.15, 0.2) is 12.3 Å². The number of hydrogen-bond donors (Lipinski definition) is 1. The van der Waals surface area contributed by atoms with Crippen molar-refractivity contribution in [2.75, 3.05) is 13.7 Å². The zero-order valence-corrected chi connectivity index (χ0v) is 16.0. The van der Waals surface area contributed by atoms with Crippen LogP contribution in [0.1, 0.15) is 41.8 Å². The van der Waals surface area contributed by atoms with Crippen LogP contribution in [-0.4, -0.2) is 40.3 Å². The molecular weight excluding hydrogens is 348 g/mol. The topological polar surface area (TPSA) is 99.2 Å². The van der Waals surface area contributed by atoms with Crippen LogP contribution in [0, 0.1) is 13.8 Å². The summed E-state index contributed by atoms with van der Waals surface area (Å²) in [5, 5.41) is 7.35. The van der Waals surface area contributed by atoms with Crippen molar-refractivity contribution >= 4 is 22.9 Å². The van der Waals surface area contributed by atoms with E-state index < -0.39 is 5.97 Å². The molecule has 8 heteroatoms. The van der Waals surface area contributed by atoms with E-state index in [-0.39, 0.29) is 18.6 Å². The largest absolute Gasteiger partial charge is 0.466 e. The third-order valence-corrected chi connectivity index (χ3v) is 4.21. The van der Waals surface area contributed by atoms with E-state index in [1.54, 1.807) is 16.9 Å². The molecule has 0 aliphatic rings. The van der Waals surface area contributed by atoms with E-state index in [4.69, 9.17) is 14.1 Å². The van der Waals surface area contributed by atoms with E-state index in [9.17, 15) is 9.59 Å². The Kier molecular flexibility index (Phi) is 4.98. The first-order chi connectivity index (χ1) is 12.8. The lowest BCUT2D eigenvalue weighted by Crippen LogP contribution is -2.25. The van der Waals surface area contributed by atoms with Gasteiger partial charge in [-0.1, -0.05) is 0 Å². The molecular formula is C19H22N4O4. The van der Waals surface area contributed by atoms with Crippen LogP contribution >= 0.6 is 0 Å². The molecule has 0 fully saturated rings. The summed E-state index contributed by atoms with van der Waals surface area (Å²) in [7, 11) is 1.48. The first-order valence-corrected chi connectivity index (χ1v) is 8.65. The van der Waals surface area contributed by atoms with Gasteiger partial charge in [-0.15, -0.1) is 0 Å². The van der Waals surface area contributed by atoms with Gasteiger partial charge in [-0.05, 0) is 39.8 Å². The number of carbonyl (C=O) groups excluding carboxylic acids is 2. The van der Waals surface area contributed by atoms with Crippen LogP contribution < -0.4 is 5.32 Å². The summed E-state index contributed by atoms with van der Waals surface area (Å²) in [6.07, 6.45) is 1.59. The Morgan fingerprint density at radius 1 is 1.30 bits per heavy atom. The van der Waals surface area contributed by atoms with E-state index in [1.165, 1.54) is 7.05 Å². The van der Waals surface area contributed by atoms with Crippen molar-refractivity contribution in [2.45, 2.75) is 33.7 Å². The highest BCUT2D eigenvalue weighted by atomic mass is 16.5. The molecule has 8 nitrogen and oxygen atoms in total. The molecule has 1 amide bonds. The highest BCUT2D eigenvalue weighted by molar-refractivity contribution is 6.04. The van der Waals surface area contributed by atoms with Gasteiger partial charge >= 0.3 is 5.97 Å². The van der Waals surface area contributed by atoms with Crippen molar-refractivity contribution in [3.8, 4) is 11.3 Å². The van der Waals surface area contributed by atoms with Crippen molar-refractivity contribution in [3.05, 3.63) is 35.4 Å². The first kappa shape index (κ1) is 18.6. The summed E-state index contributed by atoms with van der Waals surface area (Å²) in [5.74, 6) is 0.478. The van der Waals surface area contributed by atoms with E-state index in [0.717, 1.165) is 11.3 Å². The van der Waals surface area contributed by atoms with Gasteiger partial charge in [-0.25, -0.2) is 14.5 Å². The predicted molar refractivity (Wildman–Crippen MR) is 99.4 cm³/mol. The summed E-state index contributed by atoms with van der Waals surface area (Å²) >= 11 is 0. The van der Waals surface area contributed by atoms with Crippen LogP contribution in [0.15, 0.2) is 22.7 Å². The molecule has 3 aromatic rings. The van der Waals surface area contributed by atoms with Crippen molar-refractivity contribution in [1.29, 1.82) is 0 Å². The van der Waals surface area contributed by atoms with Crippen LogP contribution in [-0.2, 0) is 9.53 Å². The van der Waals surface area contributed by atoms with E-state index >= 15 is 0 Å². The average molecular weight is 370 g/mol. The summed E-state index contributed by atoms with van der Waals surface area (Å²) in [6.45, 7) is 7.31.